The minimum atomic E-state index is 0.214. The Morgan fingerprint density at radius 3 is 2.38 bits per heavy atom. The summed E-state index contributed by atoms with van der Waals surface area (Å²) in [6.45, 7) is 7.01. The molecule has 0 amide bonds. The van der Waals surface area contributed by atoms with Crippen LogP contribution in [0, 0.1) is 16.7 Å². The number of fused-ring (bicyclic) bond motifs is 2. The second-order valence-electron chi connectivity index (χ2n) is 5.05. The van der Waals surface area contributed by atoms with Crippen LogP contribution in [0.25, 0.3) is 0 Å². The Bertz CT molecular complexity index is 269. The third kappa shape index (κ3) is 0.964. The zero-order valence-electron chi connectivity index (χ0n) is 8.73. The van der Waals surface area contributed by atoms with Gasteiger partial charge >= 0.3 is 0 Å². The zero-order valence-corrected chi connectivity index (χ0v) is 10.3. The maximum Gasteiger partial charge on any atom is 0.0671 e. The van der Waals surface area contributed by atoms with Crippen LogP contribution >= 0.6 is 15.9 Å². The minimum Gasteiger partial charge on any atom is -0.381 e. The first kappa shape index (κ1) is 9.72. The number of allylic oxidation sites excluding steroid dienone is 1. The highest BCUT2D eigenvalue weighted by molar-refractivity contribution is 9.11. The highest BCUT2D eigenvalue weighted by Gasteiger charge is 2.61. The summed E-state index contributed by atoms with van der Waals surface area (Å²) >= 11 is 3.67. The van der Waals surface area contributed by atoms with Crippen LogP contribution in [0.5, 0.6) is 0 Å². The molecule has 1 saturated carbocycles. The fraction of sp³-hybridized carbons (Fsp3) is 0.818. The SMILES string of the molecule is CO[C@@H]1C[C@@H]2C(Br)=C[C@@]1(C)C2(C)C. The Hall–Kier alpha value is 0.180. The standard InChI is InChI=1S/C11H17BrO/c1-10(2)7-5-9(13-4)11(10,3)6-8(7)12/h6-7,9H,5H2,1-4H3/t7-,9-,11-/m1/s1. The van der Waals surface area contributed by atoms with E-state index in [0.717, 1.165) is 6.42 Å². The van der Waals surface area contributed by atoms with Gasteiger partial charge in [0.25, 0.3) is 0 Å². The van der Waals surface area contributed by atoms with Crippen molar-refractivity contribution < 1.29 is 4.74 Å². The van der Waals surface area contributed by atoms with E-state index in [1.807, 2.05) is 7.11 Å². The topological polar surface area (TPSA) is 9.23 Å². The van der Waals surface area contributed by atoms with Gasteiger partial charge in [0.1, 0.15) is 0 Å². The van der Waals surface area contributed by atoms with Gasteiger partial charge in [-0.1, -0.05) is 42.8 Å². The molecular formula is C11H17BrO. The van der Waals surface area contributed by atoms with Gasteiger partial charge in [0.2, 0.25) is 0 Å². The van der Waals surface area contributed by atoms with Crippen molar-refractivity contribution in [2.75, 3.05) is 7.11 Å². The molecule has 0 aromatic heterocycles. The van der Waals surface area contributed by atoms with Gasteiger partial charge in [-0.15, -0.1) is 0 Å². The number of ether oxygens (including phenoxy) is 1. The molecule has 0 heterocycles. The summed E-state index contributed by atoms with van der Waals surface area (Å²) in [5.74, 6) is 0.655. The summed E-state index contributed by atoms with van der Waals surface area (Å²) in [4.78, 5) is 0. The molecule has 0 radical (unpaired) electrons. The van der Waals surface area contributed by atoms with E-state index in [1.165, 1.54) is 4.48 Å². The quantitative estimate of drug-likeness (QED) is 0.688. The molecule has 0 aliphatic heterocycles. The van der Waals surface area contributed by atoms with Gasteiger partial charge in [-0.05, 0) is 22.2 Å². The van der Waals surface area contributed by atoms with E-state index in [9.17, 15) is 0 Å². The van der Waals surface area contributed by atoms with Gasteiger partial charge in [-0.25, -0.2) is 0 Å². The molecule has 2 aliphatic rings. The number of methoxy groups -OCH3 is 1. The highest BCUT2D eigenvalue weighted by Crippen LogP contribution is 2.66. The monoisotopic (exact) mass is 244 g/mol. The molecule has 1 fully saturated rings. The van der Waals surface area contributed by atoms with Crippen molar-refractivity contribution in [1.82, 2.24) is 0 Å². The summed E-state index contributed by atoms with van der Waals surface area (Å²) in [6, 6.07) is 0. The van der Waals surface area contributed by atoms with Crippen molar-refractivity contribution in [1.29, 1.82) is 0 Å². The third-order valence-corrected chi connectivity index (χ3v) is 5.21. The summed E-state index contributed by atoms with van der Waals surface area (Å²) in [6.07, 6.45) is 3.92. The van der Waals surface area contributed by atoms with Gasteiger partial charge in [-0.2, -0.15) is 0 Å². The lowest BCUT2D eigenvalue weighted by Gasteiger charge is -2.37. The van der Waals surface area contributed by atoms with Crippen molar-refractivity contribution in [3.63, 3.8) is 0 Å². The lowest BCUT2D eigenvalue weighted by atomic mass is 9.70. The molecule has 2 bridgehead atoms. The molecule has 0 aromatic rings. The van der Waals surface area contributed by atoms with Crippen LogP contribution in [0.1, 0.15) is 27.2 Å². The molecular weight excluding hydrogens is 228 g/mol. The van der Waals surface area contributed by atoms with Crippen molar-refractivity contribution in [3.8, 4) is 0 Å². The number of hydrogen-bond acceptors (Lipinski definition) is 1. The van der Waals surface area contributed by atoms with Gasteiger partial charge in [0.15, 0.2) is 0 Å². The Morgan fingerprint density at radius 1 is 1.46 bits per heavy atom. The van der Waals surface area contributed by atoms with Crippen molar-refractivity contribution in [2.45, 2.75) is 33.3 Å². The second kappa shape index (κ2) is 2.60. The van der Waals surface area contributed by atoms with Crippen molar-refractivity contribution in [2.24, 2.45) is 16.7 Å². The van der Waals surface area contributed by atoms with Crippen LogP contribution in [0.2, 0.25) is 0 Å². The lowest BCUT2D eigenvalue weighted by Crippen LogP contribution is -2.35. The van der Waals surface area contributed by atoms with Gasteiger partial charge in [0.05, 0.1) is 6.10 Å². The van der Waals surface area contributed by atoms with E-state index >= 15 is 0 Å². The molecule has 0 spiro atoms. The van der Waals surface area contributed by atoms with E-state index in [-0.39, 0.29) is 5.41 Å². The van der Waals surface area contributed by atoms with Crippen LogP contribution in [-0.4, -0.2) is 13.2 Å². The zero-order chi connectivity index (χ0) is 9.85. The van der Waals surface area contributed by atoms with E-state index in [1.54, 1.807) is 0 Å². The fourth-order valence-corrected chi connectivity index (χ4v) is 4.24. The molecule has 2 aliphatic carbocycles. The van der Waals surface area contributed by atoms with Gasteiger partial charge < -0.3 is 4.74 Å². The smallest absolute Gasteiger partial charge is 0.0671 e. The fourth-order valence-electron chi connectivity index (χ4n) is 3.01. The van der Waals surface area contributed by atoms with Crippen LogP contribution in [0.3, 0.4) is 0 Å². The molecule has 3 atom stereocenters. The first-order valence-electron chi connectivity index (χ1n) is 4.84. The maximum atomic E-state index is 5.57. The summed E-state index contributed by atoms with van der Waals surface area (Å²) in [5.41, 5.74) is 0.553. The normalized spacial score (nSPS) is 46.7. The van der Waals surface area contributed by atoms with Crippen LogP contribution in [0.15, 0.2) is 10.6 Å². The highest BCUT2D eigenvalue weighted by atomic mass is 79.9. The molecule has 2 rings (SSSR count). The van der Waals surface area contributed by atoms with Gasteiger partial charge in [0, 0.05) is 12.5 Å². The molecule has 0 unspecified atom stereocenters. The van der Waals surface area contributed by atoms with Gasteiger partial charge in [-0.3, -0.25) is 0 Å². The predicted molar refractivity (Wildman–Crippen MR) is 57.8 cm³/mol. The van der Waals surface area contributed by atoms with E-state index in [2.05, 4.69) is 42.8 Å². The Labute approximate surface area is 88.7 Å². The van der Waals surface area contributed by atoms with Crippen LogP contribution in [-0.2, 0) is 4.74 Å². The molecule has 0 aromatic carbocycles. The van der Waals surface area contributed by atoms with E-state index in [0.29, 0.717) is 17.4 Å². The molecule has 0 saturated heterocycles. The number of hydrogen-bond donors (Lipinski definition) is 0. The first-order valence-corrected chi connectivity index (χ1v) is 5.64. The molecule has 0 N–H and O–H groups in total. The third-order valence-electron chi connectivity index (χ3n) is 4.43. The minimum absolute atomic E-state index is 0.214. The van der Waals surface area contributed by atoms with Crippen LogP contribution in [0.4, 0.5) is 0 Å². The summed E-state index contributed by atoms with van der Waals surface area (Å²) < 4.78 is 6.95. The van der Waals surface area contributed by atoms with E-state index < -0.39 is 0 Å². The molecule has 74 valence electrons. The van der Waals surface area contributed by atoms with Crippen molar-refractivity contribution in [3.05, 3.63) is 10.6 Å². The van der Waals surface area contributed by atoms with Crippen LogP contribution < -0.4 is 0 Å². The second-order valence-corrected chi connectivity index (χ2v) is 5.96. The Balaban J connectivity index is 2.45. The Kier molecular flexibility index (Phi) is 1.95. The predicted octanol–water partition coefficient (Wildman–Crippen LogP) is 3.35. The number of rotatable bonds is 1. The number of halogens is 1. The average Bonchev–Trinajstić information content (AvgIpc) is 2.30. The largest absolute Gasteiger partial charge is 0.381 e. The van der Waals surface area contributed by atoms with Crippen molar-refractivity contribution >= 4 is 15.9 Å². The maximum absolute atomic E-state index is 5.57. The first-order chi connectivity index (χ1) is 5.93. The summed E-state index contributed by atoms with van der Waals surface area (Å²) in [7, 11) is 1.83. The Morgan fingerprint density at radius 2 is 2.08 bits per heavy atom. The average molecular weight is 245 g/mol. The summed E-state index contributed by atoms with van der Waals surface area (Å²) in [5, 5.41) is 0. The molecule has 13 heavy (non-hydrogen) atoms. The molecule has 2 heteroatoms. The lowest BCUT2D eigenvalue weighted by molar-refractivity contribution is 0.0104. The molecule has 1 nitrogen and oxygen atoms in total. The van der Waals surface area contributed by atoms with E-state index in [4.69, 9.17) is 4.74 Å².